The fraction of sp³-hybridized carbons (Fsp3) is 0.133. The fourth-order valence-corrected chi connectivity index (χ4v) is 2.52. The van der Waals surface area contributed by atoms with E-state index in [2.05, 4.69) is 15.8 Å². The molecule has 1 heterocycles. The van der Waals surface area contributed by atoms with Gasteiger partial charge < -0.3 is 10.1 Å². The molecule has 1 aliphatic rings. The molecule has 0 spiro atoms. The van der Waals surface area contributed by atoms with Crippen LogP contribution in [0, 0.1) is 6.92 Å². The average Bonchev–Trinajstić information content (AvgIpc) is 3.02. The van der Waals surface area contributed by atoms with Gasteiger partial charge in [0.05, 0.1) is 27.0 Å². The lowest BCUT2D eigenvalue weighted by atomic mass is 10.1. The number of hydrogen-bond acceptors (Lipinski definition) is 4. The van der Waals surface area contributed by atoms with Crippen LogP contribution in [0.1, 0.15) is 11.1 Å². The predicted molar refractivity (Wildman–Crippen MR) is 86.5 cm³/mol. The Hall–Kier alpha value is -1.91. The summed E-state index contributed by atoms with van der Waals surface area (Å²) in [5.41, 5.74) is 6.09. The minimum absolute atomic E-state index is 0.371. The first kappa shape index (κ1) is 14.0. The van der Waals surface area contributed by atoms with Crippen LogP contribution >= 0.6 is 23.2 Å². The number of ether oxygens (including phenoxy) is 1. The van der Waals surface area contributed by atoms with E-state index in [4.69, 9.17) is 27.9 Å². The van der Waals surface area contributed by atoms with Crippen molar-refractivity contribution in [3.8, 4) is 0 Å². The average molecular weight is 322 g/mol. The van der Waals surface area contributed by atoms with Gasteiger partial charge >= 0.3 is 0 Å². The third kappa shape index (κ3) is 2.77. The Kier molecular flexibility index (Phi) is 3.90. The van der Waals surface area contributed by atoms with Crippen LogP contribution in [-0.4, -0.2) is 12.6 Å². The summed E-state index contributed by atoms with van der Waals surface area (Å²) in [6.45, 7) is 2.31. The highest BCUT2D eigenvalue weighted by Gasteiger charge is 2.16. The number of rotatable bonds is 3. The van der Waals surface area contributed by atoms with Gasteiger partial charge in [0.1, 0.15) is 0 Å². The Labute approximate surface area is 132 Å². The maximum Gasteiger partial charge on any atom is 0.241 e. The highest BCUT2D eigenvalue weighted by atomic mass is 35.5. The van der Waals surface area contributed by atoms with E-state index in [0.29, 0.717) is 28.4 Å². The molecule has 0 radical (unpaired) electrons. The van der Waals surface area contributed by atoms with E-state index in [1.807, 2.05) is 43.3 Å². The van der Waals surface area contributed by atoms with Crippen molar-refractivity contribution >= 4 is 40.5 Å². The van der Waals surface area contributed by atoms with Gasteiger partial charge in [-0.15, -0.1) is 5.10 Å². The monoisotopic (exact) mass is 321 g/mol. The molecule has 0 saturated carbocycles. The first-order chi connectivity index (χ1) is 10.2. The lowest BCUT2D eigenvalue weighted by Crippen LogP contribution is -2.06. The van der Waals surface area contributed by atoms with E-state index >= 15 is 0 Å². The Morgan fingerprint density at radius 2 is 2.00 bits per heavy atom. The molecule has 2 aromatic carbocycles. The molecule has 21 heavy (non-hydrogen) atoms. The van der Waals surface area contributed by atoms with Crippen LogP contribution in [0.15, 0.2) is 41.5 Å². The van der Waals surface area contributed by atoms with Gasteiger partial charge in [0, 0.05) is 0 Å². The Morgan fingerprint density at radius 3 is 2.76 bits per heavy atom. The number of hydrazone groups is 1. The molecule has 0 amide bonds. The molecule has 0 aliphatic carbocycles. The Morgan fingerprint density at radius 1 is 1.19 bits per heavy atom. The third-order valence-electron chi connectivity index (χ3n) is 3.16. The Balaban J connectivity index is 2.01. The molecule has 4 nitrogen and oxygen atoms in total. The van der Waals surface area contributed by atoms with Gasteiger partial charge in [0.25, 0.3) is 0 Å². The third-order valence-corrected chi connectivity index (χ3v) is 3.96. The molecule has 1 aliphatic heterocycles. The number of halogens is 2. The van der Waals surface area contributed by atoms with E-state index in [9.17, 15) is 0 Å². The van der Waals surface area contributed by atoms with Gasteiger partial charge in [0.15, 0.2) is 6.73 Å². The minimum atomic E-state index is 0.371. The molecule has 108 valence electrons. The Bertz CT molecular complexity index is 716. The minimum Gasteiger partial charge on any atom is -0.453 e. The molecular formula is C15H13Cl2N3O. The quantitative estimate of drug-likeness (QED) is 0.886. The summed E-state index contributed by atoms with van der Waals surface area (Å²) in [5.74, 6) is 0.540. The SMILES string of the molecule is Cc1ccc(Cl)c(Nc2ccccc2C2=NNCO2)c1Cl. The second-order valence-electron chi connectivity index (χ2n) is 4.59. The van der Waals surface area contributed by atoms with Crippen molar-refractivity contribution < 1.29 is 4.74 Å². The molecule has 0 saturated heterocycles. The van der Waals surface area contributed by atoms with Crippen molar-refractivity contribution in [1.29, 1.82) is 0 Å². The zero-order valence-electron chi connectivity index (χ0n) is 11.3. The van der Waals surface area contributed by atoms with E-state index in [1.165, 1.54) is 0 Å². The van der Waals surface area contributed by atoms with E-state index in [1.54, 1.807) is 0 Å². The summed E-state index contributed by atoms with van der Waals surface area (Å²) in [7, 11) is 0. The van der Waals surface area contributed by atoms with Crippen molar-refractivity contribution in [3.63, 3.8) is 0 Å². The second-order valence-corrected chi connectivity index (χ2v) is 5.37. The first-order valence-corrected chi connectivity index (χ1v) is 7.17. The summed E-state index contributed by atoms with van der Waals surface area (Å²) in [5, 5.41) is 8.55. The molecule has 0 unspecified atom stereocenters. The maximum absolute atomic E-state index is 6.34. The number of aryl methyl sites for hydroxylation is 1. The summed E-state index contributed by atoms with van der Waals surface area (Å²) in [6, 6.07) is 11.4. The zero-order valence-corrected chi connectivity index (χ0v) is 12.8. The van der Waals surface area contributed by atoms with Crippen LogP contribution in [0.5, 0.6) is 0 Å². The lowest BCUT2D eigenvalue weighted by molar-refractivity contribution is 0.317. The van der Waals surface area contributed by atoms with Gasteiger partial charge in [-0.3, -0.25) is 5.43 Å². The topological polar surface area (TPSA) is 45.7 Å². The number of nitrogens with one attached hydrogen (secondary N) is 2. The number of benzene rings is 2. The number of hydrogen-bond donors (Lipinski definition) is 2. The molecule has 6 heteroatoms. The molecule has 0 bridgehead atoms. The fourth-order valence-electron chi connectivity index (χ4n) is 2.06. The van der Waals surface area contributed by atoms with Gasteiger partial charge in [0.2, 0.25) is 5.90 Å². The summed E-state index contributed by atoms with van der Waals surface area (Å²) < 4.78 is 5.43. The largest absolute Gasteiger partial charge is 0.453 e. The van der Waals surface area contributed by atoms with Crippen molar-refractivity contribution in [1.82, 2.24) is 5.43 Å². The molecule has 0 fully saturated rings. The highest BCUT2D eigenvalue weighted by molar-refractivity contribution is 6.39. The summed E-state index contributed by atoms with van der Waals surface area (Å²) in [4.78, 5) is 0. The van der Waals surface area contributed by atoms with E-state index < -0.39 is 0 Å². The molecule has 3 rings (SSSR count). The van der Waals surface area contributed by atoms with Crippen LogP contribution < -0.4 is 10.7 Å². The molecule has 2 N–H and O–H groups in total. The normalized spacial score (nSPS) is 13.4. The van der Waals surface area contributed by atoms with E-state index in [-0.39, 0.29) is 0 Å². The standard InChI is InChI=1S/C15H13Cl2N3O/c1-9-6-7-11(16)14(13(9)17)19-12-5-3-2-4-10(12)15-20-18-8-21-15/h2-7,18-19H,8H2,1H3. The second kappa shape index (κ2) is 5.84. The van der Waals surface area contributed by atoms with Crippen molar-refractivity contribution in [2.45, 2.75) is 6.92 Å². The smallest absolute Gasteiger partial charge is 0.241 e. The molecule has 0 atom stereocenters. The predicted octanol–water partition coefficient (Wildman–Crippen LogP) is 4.28. The van der Waals surface area contributed by atoms with Gasteiger partial charge in [-0.2, -0.15) is 0 Å². The molecule has 2 aromatic rings. The summed E-state index contributed by atoms with van der Waals surface area (Å²) >= 11 is 12.6. The lowest BCUT2D eigenvalue weighted by Gasteiger charge is -2.15. The zero-order chi connectivity index (χ0) is 14.8. The van der Waals surface area contributed by atoms with Crippen LogP contribution in [0.2, 0.25) is 10.0 Å². The number of nitrogens with zero attached hydrogens (tertiary/aromatic N) is 1. The number of para-hydroxylation sites is 1. The van der Waals surface area contributed by atoms with Crippen LogP contribution in [0.4, 0.5) is 11.4 Å². The van der Waals surface area contributed by atoms with E-state index in [0.717, 1.165) is 16.8 Å². The van der Waals surface area contributed by atoms with Crippen LogP contribution in [0.3, 0.4) is 0 Å². The first-order valence-electron chi connectivity index (χ1n) is 6.41. The molecule has 0 aromatic heterocycles. The van der Waals surface area contributed by atoms with Crippen molar-refractivity contribution in [3.05, 3.63) is 57.6 Å². The maximum atomic E-state index is 6.34. The van der Waals surface area contributed by atoms with Gasteiger partial charge in [-0.25, -0.2) is 0 Å². The van der Waals surface area contributed by atoms with Gasteiger partial charge in [-0.05, 0) is 30.7 Å². The van der Waals surface area contributed by atoms with Crippen LogP contribution in [0.25, 0.3) is 0 Å². The summed E-state index contributed by atoms with van der Waals surface area (Å²) in [6.07, 6.45) is 0. The van der Waals surface area contributed by atoms with Crippen LogP contribution in [-0.2, 0) is 4.74 Å². The van der Waals surface area contributed by atoms with Crippen molar-refractivity contribution in [2.24, 2.45) is 5.10 Å². The highest BCUT2D eigenvalue weighted by Crippen LogP contribution is 2.36. The van der Waals surface area contributed by atoms with Crippen molar-refractivity contribution in [2.75, 3.05) is 12.0 Å². The number of anilines is 2. The van der Waals surface area contributed by atoms with Gasteiger partial charge in [-0.1, -0.05) is 41.4 Å². The molecular weight excluding hydrogens is 309 g/mol.